The third-order valence-corrected chi connectivity index (χ3v) is 1.30. The normalized spacial score (nSPS) is 8.29. The third kappa shape index (κ3) is 3.96. The maximum absolute atomic E-state index is 10.2. The first-order valence-electron chi connectivity index (χ1n) is 3.50. The summed E-state index contributed by atoms with van der Waals surface area (Å²) in [4.78, 5) is 18.8. The van der Waals surface area contributed by atoms with E-state index < -0.39 is 6.16 Å². The van der Waals surface area contributed by atoms with Crippen LogP contribution in [-0.4, -0.2) is 22.7 Å². The number of para-hydroxylation sites is 1. The van der Waals surface area contributed by atoms with Crippen LogP contribution in [0.25, 0.3) is 0 Å². The standard InChI is InChI=1S/C7H8N2O.CH2O3/c8-6-3-1-2-5(4-10)7(6)9;2-1(3)4/h1-4H,8-9H2;(H2,2,3,4). The lowest BCUT2D eigenvalue weighted by Gasteiger charge is -1.99. The first-order chi connectivity index (χ1) is 6.49. The molecule has 6 nitrogen and oxygen atoms in total. The van der Waals surface area contributed by atoms with Crippen molar-refractivity contribution in [1.29, 1.82) is 0 Å². The Labute approximate surface area is 79.8 Å². The van der Waals surface area contributed by atoms with E-state index in [9.17, 15) is 4.79 Å². The van der Waals surface area contributed by atoms with Crippen molar-refractivity contribution in [3.8, 4) is 0 Å². The fourth-order valence-electron chi connectivity index (χ4n) is 0.704. The molecule has 0 saturated heterocycles. The van der Waals surface area contributed by atoms with E-state index in [4.69, 9.17) is 26.5 Å². The smallest absolute Gasteiger partial charge is 0.450 e. The van der Waals surface area contributed by atoms with Crippen LogP contribution in [-0.2, 0) is 0 Å². The van der Waals surface area contributed by atoms with Crippen LogP contribution < -0.4 is 11.5 Å². The van der Waals surface area contributed by atoms with Crippen molar-refractivity contribution in [1.82, 2.24) is 0 Å². The van der Waals surface area contributed by atoms with Gasteiger partial charge in [0.1, 0.15) is 0 Å². The quantitative estimate of drug-likeness (QED) is 0.392. The molecule has 0 saturated carbocycles. The highest BCUT2D eigenvalue weighted by Crippen LogP contribution is 2.16. The zero-order chi connectivity index (χ0) is 11.1. The maximum atomic E-state index is 10.2. The summed E-state index contributed by atoms with van der Waals surface area (Å²) in [5.41, 5.74) is 12.1. The number of benzene rings is 1. The molecular formula is C8H10N2O4. The van der Waals surface area contributed by atoms with Gasteiger partial charge in [-0.3, -0.25) is 4.79 Å². The second kappa shape index (κ2) is 5.41. The minimum absolute atomic E-state index is 0.359. The minimum atomic E-state index is -1.83. The van der Waals surface area contributed by atoms with E-state index in [-0.39, 0.29) is 0 Å². The van der Waals surface area contributed by atoms with Crippen molar-refractivity contribution in [2.45, 2.75) is 0 Å². The van der Waals surface area contributed by atoms with Crippen LogP contribution in [0.3, 0.4) is 0 Å². The van der Waals surface area contributed by atoms with E-state index in [1.807, 2.05) is 0 Å². The van der Waals surface area contributed by atoms with Crippen molar-refractivity contribution >= 4 is 23.8 Å². The zero-order valence-corrected chi connectivity index (χ0v) is 7.18. The molecule has 0 atom stereocenters. The molecule has 0 unspecified atom stereocenters. The Morgan fingerprint density at radius 2 is 1.79 bits per heavy atom. The number of rotatable bonds is 1. The summed E-state index contributed by atoms with van der Waals surface area (Å²) in [6, 6.07) is 4.97. The highest BCUT2D eigenvalue weighted by molar-refractivity contribution is 5.88. The summed E-state index contributed by atoms with van der Waals surface area (Å²) in [5, 5.41) is 13.9. The molecule has 1 aromatic carbocycles. The van der Waals surface area contributed by atoms with Gasteiger partial charge in [0.15, 0.2) is 6.29 Å². The Balaban J connectivity index is 0.000000364. The summed E-state index contributed by atoms with van der Waals surface area (Å²) in [6.45, 7) is 0. The fourth-order valence-corrected chi connectivity index (χ4v) is 0.704. The predicted octanol–water partition coefficient (Wildman–Crippen LogP) is 0.886. The molecular weight excluding hydrogens is 188 g/mol. The van der Waals surface area contributed by atoms with E-state index in [0.29, 0.717) is 23.2 Å². The van der Waals surface area contributed by atoms with E-state index in [0.717, 1.165) is 0 Å². The molecule has 1 aromatic rings. The van der Waals surface area contributed by atoms with E-state index in [1.165, 1.54) is 0 Å². The number of hydrogen-bond donors (Lipinski definition) is 4. The Bertz CT molecular complexity index is 334. The van der Waals surface area contributed by atoms with Gasteiger partial charge in [0.2, 0.25) is 0 Å². The Kier molecular flexibility index (Phi) is 4.55. The van der Waals surface area contributed by atoms with Gasteiger partial charge < -0.3 is 21.7 Å². The van der Waals surface area contributed by atoms with Gasteiger partial charge in [0, 0.05) is 5.56 Å². The van der Waals surface area contributed by atoms with Gasteiger partial charge in [-0.15, -0.1) is 0 Å². The molecule has 14 heavy (non-hydrogen) atoms. The Hall–Kier alpha value is -2.24. The monoisotopic (exact) mass is 198 g/mol. The average molecular weight is 198 g/mol. The van der Waals surface area contributed by atoms with Crippen LogP contribution >= 0.6 is 0 Å². The topological polar surface area (TPSA) is 127 Å². The van der Waals surface area contributed by atoms with Gasteiger partial charge in [0.25, 0.3) is 0 Å². The average Bonchev–Trinajstić information content (AvgIpc) is 2.09. The fraction of sp³-hybridized carbons (Fsp3) is 0. The molecule has 0 aromatic heterocycles. The van der Waals surface area contributed by atoms with Gasteiger partial charge >= 0.3 is 6.16 Å². The minimum Gasteiger partial charge on any atom is -0.450 e. The first kappa shape index (κ1) is 11.8. The van der Waals surface area contributed by atoms with E-state index in [1.54, 1.807) is 18.2 Å². The van der Waals surface area contributed by atoms with Gasteiger partial charge in [0.05, 0.1) is 11.4 Å². The predicted molar refractivity (Wildman–Crippen MR) is 51.3 cm³/mol. The van der Waals surface area contributed by atoms with Gasteiger partial charge in [-0.2, -0.15) is 0 Å². The SMILES string of the molecule is Nc1cccc(C=O)c1N.O=C(O)O. The maximum Gasteiger partial charge on any atom is 0.503 e. The number of nitrogen functional groups attached to an aromatic ring is 2. The second-order valence-corrected chi connectivity index (χ2v) is 2.25. The van der Waals surface area contributed by atoms with Crippen molar-refractivity contribution < 1.29 is 19.8 Å². The molecule has 6 heteroatoms. The number of hydrogen-bond acceptors (Lipinski definition) is 4. The third-order valence-electron chi connectivity index (χ3n) is 1.30. The molecule has 0 aliphatic carbocycles. The summed E-state index contributed by atoms with van der Waals surface area (Å²) >= 11 is 0. The number of carboxylic acid groups (broad SMARTS) is 2. The lowest BCUT2D eigenvalue weighted by molar-refractivity contribution is 0.112. The zero-order valence-electron chi connectivity index (χ0n) is 7.18. The number of aldehydes is 1. The summed E-state index contributed by atoms with van der Waals surface area (Å²) in [7, 11) is 0. The molecule has 76 valence electrons. The van der Waals surface area contributed by atoms with Crippen LogP contribution in [0.5, 0.6) is 0 Å². The van der Waals surface area contributed by atoms with Crippen molar-refractivity contribution in [2.75, 3.05) is 11.5 Å². The van der Waals surface area contributed by atoms with Gasteiger partial charge in [-0.25, -0.2) is 4.79 Å². The van der Waals surface area contributed by atoms with Crippen molar-refractivity contribution in [3.63, 3.8) is 0 Å². The molecule has 0 heterocycles. The number of anilines is 2. The number of carbonyl (C=O) groups is 2. The lowest BCUT2D eigenvalue weighted by atomic mass is 10.2. The summed E-state index contributed by atoms with van der Waals surface area (Å²) in [5.74, 6) is 0. The highest BCUT2D eigenvalue weighted by Gasteiger charge is 1.98. The molecule has 0 radical (unpaired) electrons. The van der Waals surface area contributed by atoms with Crippen molar-refractivity contribution in [2.24, 2.45) is 0 Å². The Morgan fingerprint density at radius 1 is 1.29 bits per heavy atom. The molecule has 1 rings (SSSR count). The number of carbonyl (C=O) groups excluding carboxylic acids is 1. The van der Waals surface area contributed by atoms with E-state index >= 15 is 0 Å². The Morgan fingerprint density at radius 3 is 2.14 bits per heavy atom. The molecule has 0 aliphatic rings. The van der Waals surface area contributed by atoms with Crippen LogP contribution in [0, 0.1) is 0 Å². The summed E-state index contributed by atoms with van der Waals surface area (Å²) < 4.78 is 0. The summed E-state index contributed by atoms with van der Waals surface area (Å²) in [6.07, 6.45) is -1.15. The van der Waals surface area contributed by atoms with Crippen LogP contribution in [0.2, 0.25) is 0 Å². The largest absolute Gasteiger partial charge is 0.503 e. The molecule has 0 aliphatic heterocycles. The lowest BCUT2D eigenvalue weighted by Crippen LogP contribution is -1.98. The highest BCUT2D eigenvalue weighted by atomic mass is 16.6. The molecule has 0 spiro atoms. The molecule has 0 amide bonds. The first-order valence-corrected chi connectivity index (χ1v) is 3.50. The van der Waals surface area contributed by atoms with E-state index in [2.05, 4.69) is 0 Å². The van der Waals surface area contributed by atoms with Crippen LogP contribution in [0.4, 0.5) is 16.2 Å². The second-order valence-electron chi connectivity index (χ2n) is 2.25. The molecule has 0 fully saturated rings. The number of nitrogens with two attached hydrogens (primary N) is 2. The van der Waals surface area contributed by atoms with Gasteiger partial charge in [-0.05, 0) is 12.1 Å². The van der Waals surface area contributed by atoms with Gasteiger partial charge in [-0.1, -0.05) is 6.07 Å². The molecule has 0 bridgehead atoms. The van der Waals surface area contributed by atoms with Crippen LogP contribution in [0.1, 0.15) is 10.4 Å². The van der Waals surface area contributed by atoms with Crippen LogP contribution in [0.15, 0.2) is 18.2 Å². The molecule has 6 N–H and O–H groups in total. The van der Waals surface area contributed by atoms with Crippen molar-refractivity contribution in [3.05, 3.63) is 23.8 Å².